The molecule has 5 heteroatoms. The molecule has 5 nitrogen and oxygen atoms in total. The number of hydrogen-bond acceptors (Lipinski definition) is 4. The van der Waals surface area contributed by atoms with Gasteiger partial charge < -0.3 is 10.5 Å². The summed E-state index contributed by atoms with van der Waals surface area (Å²) >= 11 is 0. The van der Waals surface area contributed by atoms with Crippen molar-refractivity contribution in [1.82, 2.24) is 9.78 Å². The molecule has 0 radical (unpaired) electrons. The lowest BCUT2D eigenvalue weighted by atomic mass is 9.86. The molecule has 0 bridgehead atoms. The lowest BCUT2D eigenvalue weighted by molar-refractivity contribution is -0.155. The maximum Gasteiger partial charge on any atom is 0.328 e. The highest BCUT2D eigenvalue weighted by molar-refractivity contribution is 5.71. The number of nitrogen functional groups attached to an aromatic ring is 1. The van der Waals surface area contributed by atoms with E-state index in [1.54, 1.807) is 6.07 Å². The van der Waals surface area contributed by atoms with Crippen LogP contribution in [0.5, 0.6) is 0 Å². The largest absolute Gasteiger partial charge is 0.459 e. The van der Waals surface area contributed by atoms with Crippen LogP contribution < -0.4 is 5.73 Å². The van der Waals surface area contributed by atoms with Crippen molar-refractivity contribution in [3.63, 3.8) is 0 Å². The first-order valence-electron chi connectivity index (χ1n) is 8.12. The van der Waals surface area contributed by atoms with Gasteiger partial charge in [-0.05, 0) is 31.7 Å². The van der Waals surface area contributed by atoms with E-state index in [1.807, 2.05) is 32.9 Å². The Morgan fingerprint density at radius 2 is 1.71 bits per heavy atom. The fourth-order valence-electron chi connectivity index (χ4n) is 2.34. The summed E-state index contributed by atoms with van der Waals surface area (Å²) in [7, 11) is 0. The molecule has 0 amide bonds. The third kappa shape index (κ3) is 4.60. The molecule has 1 aromatic heterocycles. The normalized spacial score (nSPS) is 12.2. The van der Waals surface area contributed by atoms with Gasteiger partial charge in [0.1, 0.15) is 18.0 Å². The molecular weight excluding hydrogens is 302 g/mol. The predicted molar refractivity (Wildman–Crippen MR) is 96.6 cm³/mol. The van der Waals surface area contributed by atoms with Gasteiger partial charge in [-0.25, -0.2) is 4.68 Å². The van der Waals surface area contributed by atoms with E-state index in [4.69, 9.17) is 10.5 Å². The van der Waals surface area contributed by atoms with E-state index < -0.39 is 5.60 Å². The number of nitrogens with zero attached hydrogens (tertiary/aromatic N) is 2. The second kappa shape index (κ2) is 6.30. The van der Waals surface area contributed by atoms with Gasteiger partial charge in [0.05, 0.1) is 5.69 Å². The van der Waals surface area contributed by atoms with Crippen LogP contribution in [-0.4, -0.2) is 21.4 Å². The number of rotatable bonds is 3. The third-order valence-electron chi connectivity index (χ3n) is 3.56. The van der Waals surface area contributed by atoms with Crippen molar-refractivity contribution in [3.8, 4) is 11.3 Å². The Morgan fingerprint density at radius 3 is 2.21 bits per heavy atom. The molecule has 0 saturated carbocycles. The zero-order chi connectivity index (χ0) is 18.1. The molecule has 1 aromatic carbocycles. The van der Waals surface area contributed by atoms with Crippen molar-refractivity contribution < 1.29 is 9.53 Å². The average Bonchev–Trinajstić information content (AvgIpc) is 2.77. The maximum absolute atomic E-state index is 11.9. The van der Waals surface area contributed by atoms with Crippen LogP contribution in [0.25, 0.3) is 11.3 Å². The standard InChI is InChI=1S/C19H27N3O2/c1-18(2,3)14-9-7-13(8-10-14)15-11-16(20)22(21-15)12-17(23)24-19(4,5)6/h7-11H,12,20H2,1-6H3. The van der Waals surface area contributed by atoms with Crippen molar-refractivity contribution >= 4 is 11.8 Å². The Hall–Kier alpha value is -2.30. The second-order valence-electron chi connectivity index (χ2n) is 8.03. The van der Waals surface area contributed by atoms with Crippen LogP contribution in [0.3, 0.4) is 0 Å². The Bertz CT molecular complexity index is 717. The number of carbonyl (C=O) groups is 1. The highest BCUT2D eigenvalue weighted by Crippen LogP contribution is 2.26. The molecule has 2 aromatic rings. The van der Waals surface area contributed by atoms with E-state index in [-0.39, 0.29) is 17.9 Å². The lowest BCUT2D eigenvalue weighted by Gasteiger charge is -2.19. The summed E-state index contributed by atoms with van der Waals surface area (Å²) in [4.78, 5) is 11.9. The SMILES string of the molecule is CC(C)(C)OC(=O)Cn1nc(-c2ccc(C(C)(C)C)cc2)cc1N. The van der Waals surface area contributed by atoms with Gasteiger partial charge in [-0.2, -0.15) is 5.10 Å². The minimum Gasteiger partial charge on any atom is -0.459 e. The molecule has 0 atom stereocenters. The highest BCUT2D eigenvalue weighted by atomic mass is 16.6. The molecule has 0 spiro atoms. The quantitative estimate of drug-likeness (QED) is 0.870. The summed E-state index contributed by atoms with van der Waals surface area (Å²) in [5.41, 5.74) is 8.54. The molecule has 130 valence electrons. The summed E-state index contributed by atoms with van der Waals surface area (Å²) in [5, 5.41) is 4.43. The molecule has 0 aliphatic carbocycles. The molecular formula is C19H27N3O2. The van der Waals surface area contributed by atoms with Crippen LogP contribution in [0.15, 0.2) is 30.3 Å². The van der Waals surface area contributed by atoms with Gasteiger partial charge in [-0.3, -0.25) is 4.79 Å². The monoisotopic (exact) mass is 329 g/mol. The number of aromatic nitrogens is 2. The number of esters is 1. The van der Waals surface area contributed by atoms with Crippen LogP contribution in [-0.2, 0) is 21.5 Å². The van der Waals surface area contributed by atoms with Crippen molar-refractivity contribution in [1.29, 1.82) is 0 Å². The molecule has 2 rings (SSSR count). The maximum atomic E-state index is 11.9. The van der Waals surface area contributed by atoms with Crippen LogP contribution >= 0.6 is 0 Å². The Labute approximate surface area is 143 Å². The average molecular weight is 329 g/mol. The zero-order valence-corrected chi connectivity index (χ0v) is 15.4. The fourth-order valence-corrected chi connectivity index (χ4v) is 2.34. The number of benzene rings is 1. The fraction of sp³-hybridized carbons (Fsp3) is 0.474. The summed E-state index contributed by atoms with van der Waals surface area (Å²) in [6.07, 6.45) is 0. The first-order valence-corrected chi connectivity index (χ1v) is 8.12. The molecule has 0 unspecified atom stereocenters. The highest BCUT2D eigenvalue weighted by Gasteiger charge is 2.19. The summed E-state index contributed by atoms with van der Waals surface area (Å²) in [6.45, 7) is 12.0. The topological polar surface area (TPSA) is 70.1 Å². The smallest absolute Gasteiger partial charge is 0.328 e. The minimum absolute atomic E-state index is 0.00315. The Kier molecular flexibility index (Phi) is 4.74. The second-order valence-corrected chi connectivity index (χ2v) is 8.03. The van der Waals surface area contributed by atoms with E-state index in [1.165, 1.54) is 10.2 Å². The van der Waals surface area contributed by atoms with E-state index in [0.717, 1.165) is 11.3 Å². The minimum atomic E-state index is -0.523. The molecule has 0 aliphatic rings. The van der Waals surface area contributed by atoms with Crippen LogP contribution in [0.4, 0.5) is 5.82 Å². The summed E-state index contributed by atoms with van der Waals surface area (Å²) < 4.78 is 6.78. The van der Waals surface area contributed by atoms with Gasteiger partial charge in [-0.15, -0.1) is 0 Å². The van der Waals surface area contributed by atoms with E-state index in [2.05, 4.69) is 38.0 Å². The van der Waals surface area contributed by atoms with Gasteiger partial charge in [0.2, 0.25) is 0 Å². The predicted octanol–water partition coefficient (Wildman–Crippen LogP) is 3.77. The van der Waals surface area contributed by atoms with Gasteiger partial charge in [0.25, 0.3) is 0 Å². The molecule has 24 heavy (non-hydrogen) atoms. The number of hydrogen-bond donors (Lipinski definition) is 1. The van der Waals surface area contributed by atoms with Crippen molar-refractivity contribution in [2.24, 2.45) is 0 Å². The zero-order valence-electron chi connectivity index (χ0n) is 15.4. The molecule has 2 N–H and O–H groups in total. The summed E-state index contributed by atoms with van der Waals surface area (Å²) in [6, 6.07) is 10.0. The van der Waals surface area contributed by atoms with Crippen LogP contribution in [0.2, 0.25) is 0 Å². The van der Waals surface area contributed by atoms with Gasteiger partial charge >= 0.3 is 5.97 Å². The molecule has 0 aliphatic heterocycles. The molecule has 1 heterocycles. The first-order chi connectivity index (χ1) is 11.0. The van der Waals surface area contributed by atoms with Crippen molar-refractivity contribution in [2.75, 3.05) is 5.73 Å². The van der Waals surface area contributed by atoms with Crippen LogP contribution in [0, 0.1) is 0 Å². The molecule has 0 fully saturated rings. The number of ether oxygens (including phenoxy) is 1. The van der Waals surface area contributed by atoms with Crippen molar-refractivity contribution in [2.45, 2.75) is 59.1 Å². The van der Waals surface area contributed by atoms with E-state index in [0.29, 0.717) is 5.82 Å². The van der Waals surface area contributed by atoms with Gasteiger partial charge in [-0.1, -0.05) is 45.0 Å². The number of nitrogens with two attached hydrogens (primary N) is 1. The number of anilines is 1. The third-order valence-corrected chi connectivity index (χ3v) is 3.56. The van der Waals surface area contributed by atoms with E-state index in [9.17, 15) is 4.79 Å². The Morgan fingerprint density at radius 1 is 1.12 bits per heavy atom. The number of carbonyl (C=O) groups excluding carboxylic acids is 1. The lowest BCUT2D eigenvalue weighted by Crippen LogP contribution is -2.27. The first kappa shape index (κ1) is 18.0. The van der Waals surface area contributed by atoms with Gasteiger partial charge in [0, 0.05) is 11.6 Å². The van der Waals surface area contributed by atoms with E-state index >= 15 is 0 Å². The van der Waals surface area contributed by atoms with Crippen molar-refractivity contribution in [3.05, 3.63) is 35.9 Å². The Balaban J connectivity index is 2.18. The summed E-state index contributed by atoms with van der Waals surface area (Å²) in [5.74, 6) is 0.0858. The van der Waals surface area contributed by atoms with Crippen LogP contribution in [0.1, 0.15) is 47.1 Å². The van der Waals surface area contributed by atoms with Gasteiger partial charge in [0.15, 0.2) is 0 Å². The molecule has 0 saturated heterocycles.